The van der Waals surface area contributed by atoms with Crippen LogP contribution >= 0.6 is 0 Å². The fraction of sp³-hybridized carbons (Fsp3) is 0.444. The standard InChI is InChI=1S/C18H22O3/c1-3-5-6-7-8-11-15-12-9-10-13-16(15)17(19)14-18(20)21-4-2/h9-10,12-13H,3-7,14H2,1-2H3. The van der Waals surface area contributed by atoms with Crippen LogP contribution in [0, 0.1) is 11.8 Å². The number of ether oxygens (including phenoxy) is 1. The van der Waals surface area contributed by atoms with Crippen molar-refractivity contribution in [1.82, 2.24) is 0 Å². The normalized spacial score (nSPS) is 9.62. The maximum atomic E-state index is 12.1. The third kappa shape index (κ3) is 6.27. The average molecular weight is 286 g/mol. The van der Waals surface area contributed by atoms with E-state index in [1.165, 1.54) is 0 Å². The number of unbranched alkanes of at least 4 members (excludes halogenated alkanes) is 3. The molecule has 112 valence electrons. The van der Waals surface area contributed by atoms with E-state index in [1.54, 1.807) is 19.1 Å². The van der Waals surface area contributed by atoms with Crippen LogP contribution in [0.5, 0.6) is 0 Å². The third-order valence-corrected chi connectivity index (χ3v) is 2.97. The molecule has 0 aliphatic rings. The van der Waals surface area contributed by atoms with Crippen molar-refractivity contribution in [2.75, 3.05) is 6.61 Å². The van der Waals surface area contributed by atoms with Crippen LogP contribution in [0.25, 0.3) is 0 Å². The van der Waals surface area contributed by atoms with Gasteiger partial charge in [-0.3, -0.25) is 9.59 Å². The van der Waals surface area contributed by atoms with Gasteiger partial charge in [-0.2, -0.15) is 0 Å². The van der Waals surface area contributed by atoms with E-state index in [0.717, 1.165) is 25.7 Å². The smallest absolute Gasteiger partial charge is 0.313 e. The van der Waals surface area contributed by atoms with Crippen LogP contribution in [-0.4, -0.2) is 18.4 Å². The minimum atomic E-state index is -0.492. The summed E-state index contributed by atoms with van der Waals surface area (Å²) in [5, 5.41) is 0. The first-order chi connectivity index (χ1) is 10.2. The molecule has 0 atom stereocenters. The average Bonchev–Trinajstić information content (AvgIpc) is 2.47. The van der Waals surface area contributed by atoms with Crippen LogP contribution in [-0.2, 0) is 9.53 Å². The lowest BCUT2D eigenvalue weighted by Crippen LogP contribution is -2.12. The number of rotatable bonds is 7. The minimum absolute atomic E-state index is 0.234. The highest BCUT2D eigenvalue weighted by Gasteiger charge is 2.14. The molecule has 0 N–H and O–H groups in total. The molecule has 0 saturated carbocycles. The van der Waals surface area contributed by atoms with Crippen LogP contribution in [0.15, 0.2) is 24.3 Å². The highest BCUT2D eigenvalue weighted by Crippen LogP contribution is 2.11. The Morgan fingerprint density at radius 3 is 2.62 bits per heavy atom. The molecule has 0 aromatic heterocycles. The second-order valence-corrected chi connectivity index (χ2v) is 4.71. The van der Waals surface area contributed by atoms with Crippen molar-refractivity contribution in [3.05, 3.63) is 35.4 Å². The van der Waals surface area contributed by atoms with Gasteiger partial charge in [0.15, 0.2) is 5.78 Å². The van der Waals surface area contributed by atoms with Crippen LogP contribution in [0.1, 0.15) is 61.9 Å². The van der Waals surface area contributed by atoms with E-state index in [1.807, 2.05) is 12.1 Å². The number of carbonyl (C=O) groups is 2. The molecule has 0 heterocycles. The summed E-state index contributed by atoms with van der Waals surface area (Å²) in [5.41, 5.74) is 1.18. The molecule has 0 amide bonds. The summed E-state index contributed by atoms with van der Waals surface area (Å²) < 4.78 is 4.80. The van der Waals surface area contributed by atoms with Crippen LogP contribution in [0.3, 0.4) is 0 Å². The molecule has 0 saturated heterocycles. The van der Waals surface area contributed by atoms with Gasteiger partial charge in [-0.05, 0) is 19.4 Å². The van der Waals surface area contributed by atoms with E-state index in [4.69, 9.17) is 4.74 Å². The molecule has 0 aliphatic heterocycles. The summed E-state index contributed by atoms with van der Waals surface area (Å²) >= 11 is 0. The molecular weight excluding hydrogens is 264 g/mol. The van der Waals surface area contributed by atoms with E-state index < -0.39 is 5.97 Å². The lowest BCUT2D eigenvalue weighted by Gasteiger charge is -2.04. The van der Waals surface area contributed by atoms with E-state index in [9.17, 15) is 9.59 Å². The van der Waals surface area contributed by atoms with Gasteiger partial charge < -0.3 is 4.74 Å². The summed E-state index contributed by atoms with van der Waals surface area (Å²) in [6, 6.07) is 7.14. The van der Waals surface area contributed by atoms with Crippen molar-refractivity contribution in [3.63, 3.8) is 0 Å². The maximum absolute atomic E-state index is 12.1. The molecule has 0 bridgehead atoms. The van der Waals surface area contributed by atoms with Gasteiger partial charge in [0.1, 0.15) is 6.42 Å². The lowest BCUT2D eigenvalue weighted by molar-refractivity contribution is -0.141. The first-order valence-corrected chi connectivity index (χ1v) is 7.45. The van der Waals surface area contributed by atoms with Crippen LogP contribution in [0.4, 0.5) is 0 Å². The lowest BCUT2D eigenvalue weighted by atomic mass is 10.0. The van der Waals surface area contributed by atoms with Crippen LogP contribution < -0.4 is 0 Å². The number of hydrogen-bond acceptors (Lipinski definition) is 3. The van der Waals surface area contributed by atoms with Crippen molar-refractivity contribution in [2.24, 2.45) is 0 Å². The number of benzene rings is 1. The Morgan fingerprint density at radius 1 is 1.14 bits per heavy atom. The Balaban J connectivity index is 2.74. The van der Waals surface area contributed by atoms with Gasteiger partial charge in [-0.15, -0.1) is 0 Å². The van der Waals surface area contributed by atoms with Gasteiger partial charge in [0.25, 0.3) is 0 Å². The number of hydrogen-bond donors (Lipinski definition) is 0. The molecule has 1 rings (SSSR count). The summed E-state index contributed by atoms with van der Waals surface area (Å²) in [7, 11) is 0. The summed E-state index contributed by atoms with van der Waals surface area (Å²) in [6.07, 6.45) is 3.99. The quantitative estimate of drug-likeness (QED) is 0.252. The van der Waals surface area contributed by atoms with Gasteiger partial charge >= 0.3 is 5.97 Å². The minimum Gasteiger partial charge on any atom is -0.466 e. The fourth-order valence-corrected chi connectivity index (χ4v) is 1.89. The number of esters is 1. The molecule has 1 aromatic carbocycles. The van der Waals surface area contributed by atoms with Crippen LogP contribution in [0.2, 0.25) is 0 Å². The Morgan fingerprint density at radius 2 is 1.90 bits per heavy atom. The van der Waals surface area contributed by atoms with E-state index in [0.29, 0.717) is 11.1 Å². The monoisotopic (exact) mass is 286 g/mol. The molecule has 3 nitrogen and oxygen atoms in total. The van der Waals surface area contributed by atoms with Gasteiger partial charge in [-0.1, -0.05) is 49.8 Å². The van der Waals surface area contributed by atoms with Gasteiger partial charge in [-0.25, -0.2) is 0 Å². The van der Waals surface area contributed by atoms with Crippen molar-refractivity contribution >= 4 is 11.8 Å². The van der Waals surface area contributed by atoms with E-state index in [2.05, 4.69) is 18.8 Å². The molecule has 3 heteroatoms. The Kier molecular flexibility index (Phi) is 7.89. The number of Topliss-reactive ketones (excluding diaryl/α,β-unsaturated/α-hetero) is 1. The predicted octanol–water partition coefficient (Wildman–Crippen LogP) is 3.75. The molecule has 0 radical (unpaired) electrons. The molecule has 0 spiro atoms. The largest absolute Gasteiger partial charge is 0.466 e. The third-order valence-electron chi connectivity index (χ3n) is 2.97. The second-order valence-electron chi connectivity index (χ2n) is 4.71. The van der Waals surface area contributed by atoms with Crippen molar-refractivity contribution in [1.29, 1.82) is 0 Å². The predicted molar refractivity (Wildman–Crippen MR) is 83.0 cm³/mol. The van der Waals surface area contributed by atoms with E-state index in [-0.39, 0.29) is 18.8 Å². The summed E-state index contributed by atoms with van der Waals surface area (Å²) in [4.78, 5) is 23.5. The zero-order valence-corrected chi connectivity index (χ0v) is 12.8. The molecule has 0 aliphatic carbocycles. The highest BCUT2D eigenvalue weighted by atomic mass is 16.5. The van der Waals surface area contributed by atoms with E-state index >= 15 is 0 Å². The van der Waals surface area contributed by atoms with Crippen molar-refractivity contribution in [3.8, 4) is 11.8 Å². The highest BCUT2D eigenvalue weighted by molar-refractivity contribution is 6.07. The molecule has 1 aromatic rings. The summed E-state index contributed by atoms with van der Waals surface area (Å²) in [5.74, 6) is 5.39. The number of carbonyl (C=O) groups excluding carboxylic acids is 2. The van der Waals surface area contributed by atoms with Gasteiger partial charge in [0.2, 0.25) is 0 Å². The zero-order chi connectivity index (χ0) is 15.5. The molecule has 0 unspecified atom stereocenters. The maximum Gasteiger partial charge on any atom is 0.313 e. The van der Waals surface area contributed by atoms with Crippen molar-refractivity contribution in [2.45, 2.75) is 46.0 Å². The zero-order valence-electron chi connectivity index (χ0n) is 12.8. The SMILES string of the molecule is CCCCCC#Cc1ccccc1C(=O)CC(=O)OCC. The van der Waals surface area contributed by atoms with Crippen molar-refractivity contribution < 1.29 is 14.3 Å². The first kappa shape index (κ1) is 17.0. The van der Waals surface area contributed by atoms with Gasteiger partial charge in [0.05, 0.1) is 6.61 Å². The Bertz CT molecular complexity index is 535. The molecular formula is C18H22O3. The molecule has 0 fully saturated rings. The summed E-state index contributed by atoms with van der Waals surface area (Å²) in [6.45, 7) is 4.15. The first-order valence-electron chi connectivity index (χ1n) is 7.45. The van der Waals surface area contributed by atoms with Gasteiger partial charge in [0, 0.05) is 17.5 Å². The molecule has 21 heavy (non-hydrogen) atoms. The topological polar surface area (TPSA) is 43.4 Å². The Hall–Kier alpha value is -2.08. The second kappa shape index (κ2) is 9.77. The number of ketones is 1. The Labute approximate surface area is 126 Å². The fourth-order valence-electron chi connectivity index (χ4n) is 1.89.